The third kappa shape index (κ3) is 1.43. The molecule has 17 heavy (non-hydrogen) atoms. The van der Waals surface area contributed by atoms with E-state index in [1.165, 1.54) is 4.40 Å². The molecular weight excluding hydrogens is 220 g/mol. The lowest BCUT2D eigenvalue weighted by Crippen LogP contribution is -2.14. The van der Waals surface area contributed by atoms with Crippen LogP contribution in [-0.2, 0) is 0 Å². The van der Waals surface area contributed by atoms with Crippen LogP contribution in [0, 0.1) is 13.8 Å². The molecule has 0 unspecified atom stereocenters. The number of rotatable bonds is 1. The lowest BCUT2D eigenvalue weighted by molar-refractivity contribution is 0.808. The lowest BCUT2D eigenvalue weighted by atomic mass is 10.5. The van der Waals surface area contributed by atoms with Gasteiger partial charge in [-0.2, -0.15) is 10.2 Å². The van der Waals surface area contributed by atoms with Gasteiger partial charge in [-0.05, 0) is 19.9 Å². The fourth-order valence-corrected chi connectivity index (χ4v) is 1.74. The Morgan fingerprint density at radius 2 is 2.18 bits per heavy atom. The van der Waals surface area contributed by atoms with Gasteiger partial charge in [-0.15, -0.1) is 0 Å². The summed E-state index contributed by atoms with van der Waals surface area (Å²) in [5.74, 6) is 1.21. The number of aryl methyl sites for hydroxylation is 2. The van der Waals surface area contributed by atoms with Crippen molar-refractivity contribution in [1.29, 1.82) is 0 Å². The first kappa shape index (κ1) is 9.76. The Morgan fingerprint density at radius 3 is 2.88 bits per heavy atom. The van der Waals surface area contributed by atoms with Gasteiger partial charge in [0.05, 0.1) is 5.69 Å². The van der Waals surface area contributed by atoms with Crippen LogP contribution < -0.4 is 5.69 Å². The van der Waals surface area contributed by atoms with E-state index >= 15 is 0 Å². The van der Waals surface area contributed by atoms with E-state index in [-0.39, 0.29) is 5.69 Å². The van der Waals surface area contributed by atoms with E-state index in [2.05, 4.69) is 20.3 Å². The fraction of sp³-hybridized carbons (Fsp3) is 0.200. The summed E-state index contributed by atoms with van der Waals surface area (Å²) in [5.41, 5.74) is 1.16. The SMILES string of the molecule is Cc1ccn(-c2cc3n[nH]c(=O)n3c(C)n2)n1. The first-order valence-corrected chi connectivity index (χ1v) is 5.12. The average molecular weight is 230 g/mol. The van der Waals surface area contributed by atoms with Crippen LogP contribution in [0.2, 0.25) is 0 Å². The molecule has 0 bridgehead atoms. The Morgan fingerprint density at radius 1 is 1.35 bits per heavy atom. The highest BCUT2D eigenvalue weighted by Crippen LogP contribution is 2.07. The topological polar surface area (TPSA) is 80.9 Å². The smallest absolute Gasteiger partial charge is 0.246 e. The number of hydrogen-bond acceptors (Lipinski definition) is 4. The fourth-order valence-electron chi connectivity index (χ4n) is 1.74. The summed E-state index contributed by atoms with van der Waals surface area (Å²) in [6, 6.07) is 3.59. The summed E-state index contributed by atoms with van der Waals surface area (Å²) >= 11 is 0. The zero-order valence-corrected chi connectivity index (χ0v) is 9.38. The normalized spacial score (nSPS) is 11.2. The van der Waals surface area contributed by atoms with E-state index in [4.69, 9.17) is 0 Å². The predicted molar refractivity (Wildman–Crippen MR) is 60.2 cm³/mol. The van der Waals surface area contributed by atoms with Gasteiger partial charge in [0.2, 0.25) is 0 Å². The molecule has 3 aromatic heterocycles. The van der Waals surface area contributed by atoms with Gasteiger partial charge in [0.25, 0.3) is 0 Å². The lowest BCUT2D eigenvalue weighted by Gasteiger charge is -2.02. The highest BCUT2D eigenvalue weighted by molar-refractivity contribution is 5.43. The molecule has 0 spiro atoms. The Hall–Kier alpha value is -2.44. The van der Waals surface area contributed by atoms with Gasteiger partial charge in [0.15, 0.2) is 11.5 Å². The zero-order chi connectivity index (χ0) is 12.0. The Kier molecular flexibility index (Phi) is 1.88. The molecule has 0 saturated heterocycles. The number of H-pyrrole nitrogens is 1. The summed E-state index contributed by atoms with van der Waals surface area (Å²) in [4.78, 5) is 15.8. The number of aromatic amines is 1. The van der Waals surface area contributed by atoms with Crippen molar-refractivity contribution in [2.24, 2.45) is 0 Å². The molecule has 0 saturated carbocycles. The molecule has 7 heteroatoms. The third-order valence-electron chi connectivity index (χ3n) is 2.51. The van der Waals surface area contributed by atoms with E-state index in [0.717, 1.165) is 5.69 Å². The number of fused-ring (bicyclic) bond motifs is 1. The van der Waals surface area contributed by atoms with Crippen molar-refractivity contribution in [1.82, 2.24) is 29.4 Å². The maximum atomic E-state index is 11.4. The highest BCUT2D eigenvalue weighted by Gasteiger charge is 2.08. The van der Waals surface area contributed by atoms with E-state index in [9.17, 15) is 4.79 Å². The van der Waals surface area contributed by atoms with Gasteiger partial charge in [0, 0.05) is 12.3 Å². The van der Waals surface area contributed by atoms with Crippen LogP contribution in [0.1, 0.15) is 11.5 Å². The van der Waals surface area contributed by atoms with Crippen molar-refractivity contribution in [2.75, 3.05) is 0 Å². The van der Waals surface area contributed by atoms with E-state index in [0.29, 0.717) is 17.3 Å². The van der Waals surface area contributed by atoms with Crippen molar-refractivity contribution in [3.63, 3.8) is 0 Å². The minimum Gasteiger partial charge on any atom is -0.246 e. The summed E-state index contributed by atoms with van der Waals surface area (Å²) < 4.78 is 3.07. The Labute approximate surface area is 95.7 Å². The maximum absolute atomic E-state index is 11.4. The van der Waals surface area contributed by atoms with Crippen molar-refractivity contribution < 1.29 is 0 Å². The van der Waals surface area contributed by atoms with Crippen LogP contribution in [0.4, 0.5) is 0 Å². The molecule has 0 aliphatic rings. The van der Waals surface area contributed by atoms with Crippen LogP contribution in [0.5, 0.6) is 0 Å². The number of nitrogens with one attached hydrogen (secondary N) is 1. The molecule has 86 valence electrons. The maximum Gasteiger partial charge on any atom is 0.349 e. The molecule has 3 rings (SSSR count). The first-order valence-electron chi connectivity index (χ1n) is 5.12. The Balaban J connectivity index is 2.29. The van der Waals surface area contributed by atoms with Crippen LogP contribution in [0.3, 0.4) is 0 Å². The minimum absolute atomic E-state index is 0.284. The molecule has 0 atom stereocenters. The summed E-state index contributed by atoms with van der Waals surface area (Å²) in [7, 11) is 0. The monoisotopic (exact) mass is 230 g/mol. The zero-order valence-electron chi connectivity index (χ0n) is 9.38. The second-order valence-electron chi connectivity index (χ2n) is 3.79. The second kappa shape index (κ2) is 3.27. The van der Waals surface area contributed by atoms with Gasteiger partial charge >= 0.3 is 5.69 Å². The molecule has 0 amide bonds. The molecule has 3 heterocycles. The Bertz CT molecular complexity index is 750. The van der Waals surface area contributed by atoms with E-state index < -0.39 is 0 Å². The predicted octanol–water partition coefficient (Wildman–Crippen LogP) is 0.220. The van der Waals surface area contributed by atoms with Crippen molar-refractivity contribution in [2.45, 2.75) is 13.8 Å². The largest absolute Gasteiger partial charge is 0.349 e. The summed E-state index contributed by atoms with van der Waals surface area (Å²) in [6.45, 7) is 3.66. The van der Waals surface area contributed by atoms with Crippen LogP contribution in [0.25, 0.3) is 11.5 Å². The number of hydrogen-bond donors (Lipinski definition) is 1. The standard InChI is InChI=1S/C10H10N6O/c1-6-3-4-15(14-6)8-5-9-12-13-10(17)16(9)7(2)11-8/h3-5H,1-2H3,(H,13,17). The molecule has 0 radical (unpaired) electrons. The van der Waals surface area contributed by atoms with Crippen LogP contribution in [0.15, 0.2) is 23.1 Å². The van der Waals surface area contributed by atoms with Gasteiger partial charge < -0.3 is 0 Å². The highest BCUT2D eigenvalue weighted by atomic mass is 16.1. The second-order valence-corrected chi connectivity index (χ2v) is 3.79. The molecule has 0 aromatic carbocycles. The molecule has 0 fully saturated rings. The number of nitrogens with zero attached hydrogens (tertiary/aromatic N) is 5. The van der Waals surface area contributed by atoms with Crippen molar-refractivity contribution >= 4 is 5.65 Å². The van der Waals surface area contributed by atoms with Crippen LogP contribution >= 0.6 is 0 Å². The van der Waals surface area contributed by atoms with Gasteiger partial charge in [0.1, 0.15) is 5.82 Å². The molecular formula is C10H10N6O. The molecule has 0 aliphatic carbocycles. The van der Waals surface area contributed by atoms with Gasteiger partial charge in [-0.3, -0.25) is 0 Å². The summed E-state index contributed by atoms with van der Waals surface area (Å²) in [6.07, 6.45) is 1.82. The van der Waals surface area contributed by atoms with Crippen molar-refractivity contribution in [3.05, 3.63) is 40.3 Å². The number of aromatic nitrogens is 6. The molecule has 7 nitrogen and oxygen atoms in total. The van der Waals surface area contributed by atoms with Gasteiger partial charge in [-0.1, -0.05) is 0 Å². The third-order valence-corrected chi connectivity index (χ3v) is 2.51. The quantitative estimate of drug-likeness (QED) is 0.648. The molecule has 0 aliphatic heterocycles. The summed E-state index contributed by atoms with van der Waals surface area (Å²) in [5, 5.41) is 10.6. The molecule has 3 aromatic rings. The first-order chi connectivity index (χ1) is 8.15. The molecule has 1 N–H and O–H groups in total. The van der Waals surface area contributed by atoms with E-state index in [1.807, 2.05) is 19.2 Å². The minimum atomic E-state index is -0.284. The van der Waals surface area contributed by atoms with Gasteiger partial charge in [-0.25, -0.2) is 24.0 Å². The average Bonchev–Trinajstić information content (AvgIpc) is 2.86. The van der Waals surface area contributed by atoms with Crippen LogP contribution in [-0.4, -0.2) is 29.4 Å². The van der Waals surface area contributed by atoms with Crippen molar-refractivity contribution in [3.8, 4) is 5.82 Å². The van der Waals surface area contributed by atoms with E-state index in [1.54, 1.807) is 17.7 Å².